The molecule has 0 spiro atoms. The minimum atomic E-state index is -0.707. The number of nitro benzene ring substituents is 1. The van der Waals surface area contributed by atoms with Crippen LogP contribution in [0.1, 0.15) is 63.2 Å². The number of ether oxygens (including phenoxy) is 2. The van der Waals surface area contributed by atoms with Crippen molar-refractivity contribution in [1.82, 2.24) is 0 Å². The molecule has 0 aliphatic heterocycles. The molecule has 1 rings (SSSR count). The molecule has 0 N–H and O–H groups in total. The summed E-state index contributed by atoms with van der Waals surface area (Å²) in [5.74, 6) is -0.306. The second kappa shape index (κ2) is 10.6. The van der Waals surface area contributed by atoms with E-state index >= 15 is 0 Å². The van der Waals surface area contributed by atoms with E-state index in [1.54, 1.807) is 25.9 Å². The Labute approximate surface area is 155 Å². The number of hydrogen-bond acceptors (Lipinski definition) is 6. The number of rotatable bonds is 11. The number of carbonyl (C=O) groups excluding carboxylic acids is 1. The minimum absolute atomic E-state index is 0.0662. The molecule has 7 heteroatoms. The largest absolute Gasteiger partial charge is 0.488 e. The van der Waals surface area contributed by atoms with Crippen molar-refractivity contribution < 1.29 is 19.2 Å². The monoisotopic (exact) mass is 366 g/mol. The molecule has 0 heterocycles. The SMILES string of the molecule is CCCCCC[C@@H](C)Oc1cc([N+](=O)[O-])c(C(=O)OCC)cc1N(C)C. The number of hydrogen-bond donors (Lipinski definition) is 0. The Balaban J connectivity index is 3.11. The van der Waals surface area contributed by atoms with Gasteiger partial charge in [-0.2, -0.15) is 0 Å². The molecule has 7 nitrogen and oxygen atoms in total. The summed E-state index contributed by atoms with van der Waals surface area (Å²) >= 11 is 0. The first-order valence-corrected chi connectivity index (χ1v) is 9.15. The fraction of sp³-hybridized carbons (Fsp3) is 0.632. The third kappa shape index (κ3) is 6.20. The number of unbranched alkanes of at least 4 members (excludes halogenated alkanes) is 3. The molecule has 0 radical (unpaired) electrons. The lowest BCUT2D eigenvalue weighted by Gasteiger charge is -2.22. The predicted octanol–water partition coefficient (Wildman–Crippen LogP) is 4.58. The van der Waals surface area contributed by atoms with Crippen LogP contribution in [0.15, 0.2) is 12.1 Å². The Morgan fingerprint density at radius 3 is 2.46 bits per heavy atom. The lowest BCUT2D eigenvalue weighted by atomic mass is 10.1. The van der Waals surface area contributed by atoms with Gasteiger partial charge in [-0.15, -0.1) is 0 Å². The molecule has 1 atom stereocenters. The number of esters is 1. The highest BCUT2D eigenvalue weighted by molar-refractivity contribution is 5.96. The fourth-order valence-corrected chi connectivity index (χ4v) is 2.66. The van der Waals surface area contributed by atoms with Gasteiger partial charge in [0.15, 0.2) is 0 Å². The van der Waals surface area contributed by atoms with Gasteiger partial charge in [0.05, 0.1) is 29.4 Å². The maximum absolute atomic E-state index is 12.1. The average molecular weight is 366 g/mol. The highest BCUT2D eigenvalue weighted by Gasteiger charge is 2.26. The smallest absolute Gasteiger partial charge is 0.345 e. The molecule has 0 saturated carbocycles. The molecule has 0 bridgehead atoms. The first-order chi connectivity index (χ1) is 12.3. The van der Waals surface area contributed by atoms with Crippen molar-refractivity contribution >= 4 is 17.3 Å². The molecular formula is C19H30N2O5. The van der Waals surface area contributed by atoms with Crippen LogP contribution in [0, 0.1) is 10.1 Å². The fourth-order valence-electron chi connectivity index (χ4n) is 2.66. The third-order valence-electron chi connectivity index (χ3n) is 4.04. The third-order valence-corrected chi connectivity index (χ3v) is 4.04. The van der Waals surface area contributed by atoms with Crippen molar-refractivity contribution in [1.29, 1.82) is 0 Å². The topological polar surface area (TPSA) is 81.9 Å². The van der Waals surface area contributed by atoms with E-state index in [9.17, 15) is 14.9 Å². The Kier molecular flexibility index (Phi) is 8.88. The van der Waals surface area contributed by atoms with Crippen LogP contribution in [0.2, 0.25) is 0 Å². The van der Waals surface area contributed by atoms with Crippen LogP contribution in [0.25, 0.3) is 0 Å². The molecule has 0 aliphatic rings. The molecule has 0 amide bonds. The van der Waals surface area contributed by atoms with Gasteiger partial charge >= 0.3 is 5.97 Å². The zero-order valence-corrected chi connectivity index (χ0v) is 16.4. The van der Waals surface area contributed by atoms with Crippen molar-refractivity contribution in [3.05, 3.63) is 27.8 Å². The van der Waals surface area contributed by atoms with Gasteiger partial charge < -0.3 is 14.4 Å². The molecule has 0 aliphatic carbocycles. The predicted molar refractivity (Wildman–Crippen MR) is 102 cm³/mol. The van der Waals surface area contributed by atoms with Crippen LogP contribution in [0.3, 0.4) is 0 Å². The zero-order valence-electron chi connectivity index (χ0n) is 16.4. The van der Waals surface area contributed by atoms with Gasteiger partial charge in [-0.1, -0.05) is 26.2 Å². The zero-order chi connectivity index (χ0) is 19.7. The van der Waals surface area contributed by atoms with Crippen molar-refractivity contribution in [2.75, 3.05) is 25.6 Å². The van der Waals surface area contributed by atoms with Crippen molar-refractivity contribution in [3.63, 3.8) is 0 Å². The molecule has 1 aromatic rings. The number of carbonyl (C=O) groups is 1. The van der Waals surface area contributed by atoms with Gasteiger partial charge in [0.2, 0.25) is 0 Å². The minimum Gasteiger partial charge on any atom is -0.488 e. The second-order valence-corrected chi connectivity index (χ2v) is 6.49. The van der Waals surface area contributed by atoms with E-state index in [2.05, 4.69) is 6.92 Å². The van der Waals surface area contributed by atoms with E-state index in [0.717, 1.165) is 19.3 Å². The summed E-state index contributed by atoms with van der Waals surface area (Å²) < 4.78 is 10.9. The first-order valence-electron chi connectivity index (χ1n) is 9.15. The van der Waals surface area contributed by atoms with Crippen LogP contribution in [-0.4, -0.2) is 37.7 Å². The lowest BCUT2D eigenvalue weighted by Crippen LogP contribution is -2.18. The Morgan fingerprint density at radius 2 is 1.92 bits per heavy atom. The summed E-state index contributed by atoms with van der Waals surface area (Å²) in [6.07, 6.45) is 5.36. The molecular weight excluding hydrogens is 336 g/mol. The maximum Gasteiger partial charge on any atom is 0.345 e. The lowest BCUT2D eigenvalue weighted by molar-refractivity contribution is -0.385. The van der Waals surface area contributed by atoms with Crippen LogP contribution < -0.4 is 9.64 Å². The van der Waals surface area contributed by atoms with Gasteiger partial charge in [0, 0.05) is 14.1 Å². The van der Waals surface area contributed by atoms with E-state index in [1.165, 1.54) is 25.0 Å². The summed E-state index contributed by atoms with van der Waals surface area (Å²) in [6.45, 7) is 5.93. The van der Waals surface area contributed by atoms with Gasteiger partial charge in [-0.05, 0) is 32.8 Å². The second-order valence-electron chi connectivity index (χ2n) is 6.49. The quantitative estimate of drug-likeness (QED) is 0.247. The molecule has 146 valence electrons. The van der Waals surface area contributed by atoms with Crippen molar-refractivity contribution in [2.45, 2.75) is 59.0 Å². The van der Waals surface area contributed by atoms with E-state index < -0.39 is 10.9 Å². The standard InChI is InChI=1S/C19H30N2O5/c1-6-8-9-10-11-14(3)26-18-13-16(21(23)24)15(19(22)25-7-2)12-17(18)20(4)5/h12-14H,6-11H2,1-5H3/t14-/m1/s1. The summed E-state index contributed by atoms with van der Waals surface area (Å²) in [6, 6.07) is 2.79. The summed E-state index contributed by atoms with van der Waals surface area (Å²) in [5, 5.41) is 11.4. The van der Waals surface area contributed by atoms with E-state index in [-0.39, 0.29) is 24.0 Å². The van der Waals surface area contributed by atoms with Crippen LogP contribution in [-0.2, 0) is 4.74 Å². The number of nitro groups is 1. The van der Waals surface area contributed by atoms with Crippen LogP contribution in [0.5, 0.6) is 5.75 Å². The average Bonchev–Trinajstić information content (AvgIpc) is 2.58. The molecule has 0 aromatic heterocycles. The first kappa shape index (κ1) is 21.7. The number of anilines is 1. The molecule has 1 aromatic carbocycles. The number of nitrogens with zero attached hydrogens (tertiary/aromatic N) is 2. The molecule has 0 saturated heterocycles. The van der Waals surface area contributed by atoms with Crippen molar-refractivity contribution in [3.8, 4) is 5.75 Å². The summed E-state index contributed by atoms with van der Waals surface area (Å²) in [7, 11) is 3.60. The molecule has 0 fully saturated rings. The molecule has 26 heavy (non-hydrogen) atoms. The Bertz CT molecular complexity index is 616. The van der Waals surface area contributed by atoms with E-state index in [1.807, 2.05) is 6.92 Å². The van der Waals surface area contributed by atoms with Gasteiger partial charge in [-0.3, -0.25) is 10.1 Å². The highest BCUT2D eigenvalue weighted by Crippen LogP contribution is 2.36. The van der Waals surface area contributed by atoms with Gasteiger partial charge in [-0.25, -0.2) is 4.79 Å². The van der Waals surface area contributed by atoms with Gasteiger partial charge in [0.1, 0.15) is 11.3 Å². The van der Waals surface area contributed by atoms with Gasteiger partial charge in [0.25, 0.3) is 5.69 Å². The highest BCUT2D eigenvalue weighted by atomic mass is 16.6. The number of benzene rings is 1. The van der Waals surface area contributed by atoms with Crippen molar-refractivity contribution in [2.24, 2.45) is 0 Å². The normalized spacial score (nSPS) is 11.7. The van der Waals surface area contributed by atoms with Crippen LogP contribution >= 0.6 is 0 Å². The molecule has 0 unspecified atom stereocenters. The van der Waals surface area contributed by atoms with Crippen LogP contribution in [0.4, 0.5) is 11.4 Å². The summed E-state index contributed by atoms with van der Waals surface area (Å²) in [4.78, 5) is 24.7. The van der Waals surface area contributed by atoms with E-state index in [4.69, 9.17) is 9.47 Å². The Hall–Kier alpha value is -2.31. The summed E-state index contributed by atoms with van der Waals surface area (Å²) in [5.41, 5.74) is 0.241. The maximum atomic E-state index is 12.1. The Morgan fingerprint density at radius 1 is 1.23 bits per heavy atom. The van der Waals surface area contributed by atoms with E-state index in [0.29, 0.717) is 11.4 Å².